The number of hydrogen-bond donors (Lipinski definition) is 4. The molecular formula is C23H33N5O6S2. The SMILES string of the molecule is CC(C)OC(=O)Nc1ccc(-c2cnc(N3CCC(NC(=O)O)CC3)s2)c(S(=O)(=O)NC(C)(C)C)c1. The fourth-order valence-corrected chi connectivity index (χ4v) is 6.51. The third-order valence-electron chi connectivity index (χ3n) is 5.15. The average Bonchev–Trinajstić information content (AvgIpc) is 3.21. The monoisotopic (exact) mass is 539 g/mol. The first-order chi connectivity index (χ1) is 16.7. The molecule has 198 valence electrons. The number of piperidine rings is 1. The largest absolute Gasteiger partial charge is 0.465 e. The van der Waals surface area contributed by atoms with Gasteiger partial charge in [0.05, 0.1) is 15.9 Å². The highest BCUT2D eigenvalue weighted by Gasteiger charge is 2.28. The van der Waals surface area contributed by atoms with E-state index in [1.165, 1.54) is 17.4 Å². The summed E-state index contributed by atoms with van der Waals surface area (Å²) in [4.78, 5) is 30.2. The number of ether oxygens (including phenoxy) is 1. The number of aromatic nitrogens is 1. The van der Waals surface area contributed by atoms with Gasteiger partial charge in [-0.2, -0.15) is 0 Å². The Balaban J connectivity index is 1.90. The highest BCUT2D eigenvalue weighted by molar-refractivity contribution is 7.89. The molecule has 0 bridgehead atoms. The van der Waals surface area contributed by atoms with Gasteiger partial charge in [0.15, 0.2) is 5.13 Å². The Morgan fingerprint density at radius 3 is 2.47 bits per heavy atom. The molecule has 0 atom stereocenters. The lowest BCUT2D eigenvalue weighted by atomic mass is 10.1. The number of carbonyl (C=O) groups excluding carboxylic acids is 1. The van der Waals surface area contributed by atoms with Crippen molar-refractivity contribution in [3.05, 3.63) is 24.4 Å². The highest BCUT2D eigenvalue weighted by atomic mass is 32.2. The molecule has 0 saturated carbocycles. The van der Waals surface area contributed by atoms with E-state index in [-0.39, 0.29) is 22.7 Å². The number of carboxylic acid groups (broad SMARTS) is 1. The summed E-state index contributed by atoms with van der Waals surface area (Å²) in [7, 11) is -3.95. The molecule has 0 unspecified atom stereocenters. The summed E-state index contributed by atoms with van der Waals surface area (Å²) in [5.74, 6) is 0. The molecule has 2 amide bonds. The zero-order valence-corrected chi connectivity index (χ0v) is 22.6. The van der Waals surface area contributed by atoms with Crippen LogP contribution in [0.15, 0.2) is 29.3 Å². The first-order valence-electron chi connectivity index (χ1n) is 11.6. The second-order valence-electron chi connectivity index (χ2n) is 9.86. The van der Waals surface area contributed by atoms with Gasteiger partial charge in [-0.15, -0.1) is 0 Å². The molecule has 1 fully saturated rings. The molecule has 3 rings (SSSR count). The molecular weight excluding hydrogens is 506 g/mol. The molecule has 1 aliphatic heterocycles. The molecule has 13 heteroatoms. The fourth-order valence-electron chi connectivity index (χ4n) is 3.77. The van der Waals surface area contributed by atoms with Crippen molar-refractivity contribution >= 4 is 44.4 Å². The van der Waals surface area contributed by atoms with Gasteiger partial charge < -0.3 is 20.1 Å². The average molecular weight is 540 g/mol. The van der Waals surface area contributed by atoms with Crippen LogP contribution >= 0.6 is 11.3 Å². The van der Waals surface area contributed by atoms with Crippen LogP contribution in [0.4, 0.5) is 20.4 Å². The van der Waals surface area contributed by atoms with Crippen LogP contribution in [-0.4, -0.2) is 61.5 Å². The number of nitrogens with zero attached hydrogens (tertiary/aromatic N) is 2. The molecule has 1 aliphatic rings. The maximum Gasteiger partial charge on any atom is 0.411 e. The van der Waals surface area contributed by atoms with Gasteiger partial charge in [-0.05, 0) is 59.6 Å². The van der Waals surface area contributed by atoms with Gasteiger partial charge in [-0.25, -0.2) is 27.7 Å². The Morgan fingerprint density at radius 2 is 1.89 bits per heavy atom. The molecule has 0 aliphatic carbocycles. The zero-order valence-electron chi connectivity index (χ0n) is 21.0. The van der Waals surface area contributed by atoms with E-state index >= 15 is 0 Å². The molecule has 11 nitrogen and oxygen atoms in total. The summed E-state index contributed by atoms with van der Waals surface area (Å²) in [6.45, 7) is 9.96. The van der Waals surface area contributed by atoms with Gasteiger partial charge in [-0.3, -0.25) is 5.32 Å². The molecule has 0 spiro atoms. The van der Waals surface area contributed by atoms with Crippen LogP contribution in [0, 0.1) is 0 Å². The van der Waals surface area contributed by atoms with E-state index in [9.17, 15) is 18.0 Å². The third kappa shape index (κ3) is 7.55. The summed E-state index contributed by atoms with van der Waals surface area (Å²) < 4.78 is 34.5. The Bertz CT molecular complexity index is 1200. The number of benzene rings is 1. The maximum atomic E-state index is 13.4. The first-order valence-corrected chi connectivity index (χ1v) is 13.9. The van der Waals surface area contributed by atoms with Crippen molar-refractivity contribution in [1.82, 2.24) is 15.0 Å². The first kappa shape index (κ1) is 27.7. The fraction of sp³-hybridized carbons (Fsp3) is 0.522. The van der Waals surface area contributed by atoms with E-state index in [1.807, 2.05) is 0 Å². The second kappa shape index (κ2) is 11.0. The smallest absolute Gasteiger partial charge is 0.411 e. The molecule has 2 heterocycles. The lowest BCUT2D eigenvalue weighted by Crippen LogP contribution is -2.44. The van der Waals surface area contributed by atoms with Gasteiger partial charge >= 0.3 is 12.2 Å². The molecule has 1 aromatic carbocycles. The lowest BCUT2D eigenvalue weighted by molar-refractivity contribution is 0.130. The van der Waals surface area contributed by atoms with Crippen molar-refractivity contribution in [2.45, 2.75) is 70.0 Å². The topological polar surface area (TPSA) is 150 Å². The number of nitrogens with one attached hydrogen (secondary N) is 3. The summed E-state index contributed by atoms with van der Waals surface area (Å²) in [5.41, 5.74) is 0.0284. The third-order valence-corrected chi connectivity index (χ3v) is 8.04. The Labute approximate surface area is 215 Å². The molecule has 4 N–H and O–H groups in total. The van der Waals surface area contributed by atoms with Crippen LogP contribution in [-0.2, 0) is 14.8 Å². The zero-order chi connectivity index (χ0) is 26.7. The van der Waals surface area contributed by atoms with Gasteiger partial charge in [0, 0.05) is 42.1 Å². The number of sulfonamides is 1. The summed E-state index contributed by atoms with van der Waals surface area (Å²) in [6, 6.07) is 4.58. The van der Waals surface area contributed by atoms with Crippen LogP contribution in [0.5, 0.6) is 0 Å². The Morgan fingerprint density at radius 1 is 1.22 bits per heavy atom. The second-order valence-corrected chi connectivity index (χ2v) is 12.5. The van der Waals surface area contributed by atoms with Crippen LogP contribution in [0.1, 0.15) is 47.5 Å². The minimum Gasteiger partial charge on any atom is -0.465 e. The van der Waals surface area contributed by atoms with Crippen LogP contribution in [0.25, 0.3) is 10.4 Å². The van der Waals surface area contributed by atoms with Gasteiger partial charge in [0.1, 0.15) is 0 Å². The molecule has 1 aromatic heterocycles. The van der Waals surface area contributed by atoms with Crippen molar-refractivity contribution < 1.29 is 27.9 Å². The van der Waals surface area contributed by atoms with Crippen LogP contribution < -0.4 is 20.3 Å². The quantitative estimate of drug-likeness (QED) is 0.411. The minimum absolute atomic E-state index is 0.0133. The summed E-state index contributed by atoms with van der Waals surface area (Å²) in [6.07, 6.45) is 0.916. The van der Waals surface area contributed by atoms with Crippen molar-refractivity contribution in [3.63, 3.8) is 0 Å². The van der Waals surface area contributed by atoms with Gasteiger partial charge in [-0.1, -0.05) is 17.4 Å². The predicted molar refractivity (Wildman–Crippen MR) is 139 cm³/mol. The lowest BCUT2D eigenvalue weighted by Gasteiger charge is -2.31. The van der Waals surface area contributed by atoms with E-state index in [2.05, 4.69) is 25.2 Å². The van der Waals surface area contributed by atoms with Crippen molar-refractivity contribution in [2.24, 2.45) is 0 Å². The Hall–Kier alpha value is -2.90. The number of hydrogen-bond acceptors (Lipinski definition) is 8. The normalized spacial score (nSPS) is 15.1. The molecule has 1 saturated heterocycles. The Kier molecular flexibility index (Phi) is 8.47. The van der Waals surface area contributed by atoms with Crippen molar-refractivity contribution in [3.8, 4) is 10.4 Å². The number of amides is 2. The number of carbonyl (C=O) groups is 2. The van der Waals surface area contributed by atoms with E-state index in [0.717, 1.165) is 5.13 Å². The summed E-state index contributed by atoms with van der Waals surface area (Å²) >= 11 is 1.36. The molecule has 2 aromatic rings. The van der Waals surface area contributed by atoms with E-state index in [1.54, 1.807) is 52.9 Å². The molecule has 0 radical (unpaired) electrons. The minimum atomic E-state index is -3.95. The van der Waals surface area contributed by atoms with Crippen molar-refractivity contribution in [1.29, 1.82) is 0 Å². The van der Waals surface area contributed by atoms with Gasteiger partial charge in [0.2, 0.25) is 10.0 Å². The predicted octanol–water partition coefficient (Wildman–Crippen LogP) is 4.08. The van der Waals surface area contributed by atoms with E-state index < -0.39 is 27.7 Å². The maximum absolute atomic E-state index is 13.4. The summed E-state index contributed by atoms with van der Waals surface area (Å²) in [5, 5.41) is 14.8. The standard InChI is InChI=1S/C23H33N5O6S2/c1-14(2)34-22(31)26-16-6-7-17(19(12-16)36(32,33)27-23(3,4)5)18-13-24-20(35-18)28-10-8-15(9-11-28)25-21(29)30/h6-7,12-15,25,27H,8-11H2,1-5H3,(H,26,31)(H,29,30). The van der Waals surface area contributed by atoms with Crippen LogP contribution in [0.2, 0.25) is 0 Å². The van der Waals surface area contributed by atoms with E-state index in [4.69, 9.17) is 9.84 Å². The number of thiazole rings is 1. The highest BCUT2D eigenvalue weighted by Crippen LogP contribution is 2.37. The van der Waals surface area contributed by atoms with Crippen LogP contribution in [0.3, 0.4) is 0 Å². The number of anilines is 2. The number of rotatable bonds is 7. The van der Waals surface area contributed by atoms with E-state index in [0.29, 0.717) is 36.4 Å². The van der Waals surface area contributed by atoms with Gasteiger partial charge in [0.25, 0.3) is 0 Å². The van der Waals surface area contributed by atoms with Crippen molar-refractivity contribution in [2.75, 3.05) is 23.3 Å². The molecule has 36 heavy (non-hydrogen) atoms.